The first-order valence-corrected chi connectivity index (χ1v) is 6.56. The second kappa shape index (κ2) is 8.22. The predicted octanol–water partition coefficient (Wildman–Crippen LogP) is 0.469. The summed E-state index contributed by atoms with van der Waals surface area (Å²) in [6, 6.07) is 0. The lowest BCUT2D eigenvalue weighted by Crippen LogP contribution is -2.03. The Balaban J connectivity index is 3.40. The van der Waals surface area contributed by atoms with E-state index in [4.69, 9.17) is 4.43 Å². The van der Waals surface area contributed by atoms with Crippen LogP contribution in [0.4, 0.5) is 0 Å². The van der Waals surface area contributed by atoms with Crippen molar-refractivity contribution in [1.29, 1.82) is 0 Å². The van der Waals surface area contributed by atoms with Crippen LogP contribution in [0.2, 0.25) is 0 Å². The molecule has 0 aromatic carbocycles. The molecule has 0 rings (SSSR count). The smallest absolute Gasteiger partial charge is 0.189 e. The van der Waals surface area contributed by atoms with Crippen LogP contribution in [0, 0.1) is 0 Å². The molecule has 3 nitrogen and oxygen atoms in total. The van der Waals surface area contributed by atoms with E-state index in [-0.39, 0.29) is 17.3 Å². The molecule has 0 aliphatic carbocycles. The van der Waals surface area contributed by atoms with Crippen LogP contribution in [0.1, 0.15) is 12.8 Å². The van der Waals surface area contributed by atoms with E-state index in [1.165, 1.54) is 17.8 Å². The maximum atomic E-state index is 11.1. The van der Waals surface area contributed by atoms with Gasteiger partial charge in [-0.25, -0.2) is 0 Å². The lowest BCUT2D eigenvalue weighted by atomic mass is 10.2. The Bertz CT molecular complexity index is 194. The van der Waals surface area contributed by atoms with Crippen molar-refractivity contribution in [3.63, 3.8) is 0 Å². The highest BCUT2D eigenvalue weighted by Crippen LogP contribution is 2.06. The standard InChI is InChI=1S/C8H14O3SSi/c1-3-7(9)4-5-8(10)12-6-13-11-2/h3H,1,4-6,13H2,2H3. The van der Waals surface area contributed by atoms with Crippen molar-refractivity contribution < 1.29 is 14.0 Å². The molecule has 0 fully saturated rings. The quantitative estimate of drug-likeness (QED) is 0.354. The molecule has 74 valence electrons. The second-order valence-electron chi connectivity index (χ2n) is 2.38. The Morgan fingerprint density at radius 2 is 2.23 bits per heavy atom. The number of ketones is 1. The summed E-state index contributed by atoms with van der Waals surface area (Å²) < 4.78 is 4.92. The molecule has 0 aromatic rings. The van der Waals surface area contributed by atoms with Crippen LogP contribution in [0.5, 0.6) is 0 Å². The number of thioether (sulfide) groups is 1. The molecule has 5 heteroatoms. The van der Waals surface area contributed by atoms with E-state index in [1.54, 1.807) is 7.11 Å². The number of carbonyl (C=O) groups excluding carboxylic acids is 2. The average Bonchev–Trinajstić information content (AvgIpc) is 2.14. The zero-order valence-electron chi connectivity index (χ0n) is 7.75. The minimum Gasteiger partial charge on any atom is -0.426 e. The zero-order chi connectivity index (χ0) is 10.1. The second-order valence-corrected chi connectivity index (χ2v) is 5.75. The highest BCUT2D eigenvalue weighted by molar-refractivity contribution is 8.14. The van der Waals surface area contributed by atoms with Gasteiger partial charge in [-0.05, 0) is 6.08 Å². The third-order valence-electron chi connectivity index (χ3n) is 1.35. The van der Waals surface area contributed by atoms with E-state index < -0.39 is 9.76 Å². The van der Waals surface area contributed by atoms with E-state index in [2.05, 4.69) is 6.58 Å². The molecular formula is C8H14O3SSi. The summed E-state index contributed by atoms with van der Waals surface area (Å²) in [5, 5.41) is 0.859. The van der Waals surface area contributed by atoms with Gasteiger partial charge in [-0.2, -0.15) is 0 Å². The van der Waals surface area contributed by atoms with Crippen LogP contribution in [0.25, 0.3) is 0 Å². The Hall–Kier alpha value is -0.393. The zero-order valence-corrected chi connectivity index (χ0v) is 9.98. The molecule has 0 aliphatic rings. The normalized spacial score (nSPS) is 10.5. The van der Waals surface area contributed by atoms with Gasteiger partial charge in [-0.3, -0.25) is 9.59 Å². The topological polar surface area (TPSA) is 43.4 Å². The van der Waals surface area contributed by atoms with Crippen LogP contribution in [0.3, 0.4) is 0 Å². The van der Waals surface area contributed by atoms with Crippen molar-refractivity contribution in [2.75, 3.05) is 12.5 Å². The maximum Gasteiger partial charge on any atom is 0.189 e. The van der Waals surface area contributed by atoms with Crippen molar-refractivity contribution in [2.45, 2.75) is 12.8 Å². The summed E-state index contributed by atoms with van der Waals surface area (Å²) in [6.45, 7) is 3.33. The first-order valence-electron chi connectivity index (χ1n) is 4.00. The highest BCUT2D eigenvalue weighted by Gasteiger charge is 2.04. The summed E-state index contributed by atoms with van der Waals surface area (Å²) in [5.74, 6) is -0.0714. The number of hydrogen-bond acceptors (Lipinski definition) is 4. The molecule has 0 N–H and O–H groups in total. The third kappa shape index (κ3) is 7.95. The summed E-state index contributed by atoms with van der Waals surface area (Å²) in [4.78, 5) is 21.8. The summed E-state index contributed by atoms with van der Waals surface area (Å²) in [6.07, 6.45) is 1.85. The molecule has 0 bridgehead atoms. The van der Waals surface area contributed by atoms with Crippen LogP contribution in [-0.2, 0) is 14.0 Å². The summed E-state index contributed by atoms with van der Waals surface area (Å²) >= 11 is 1.26. The summed E-state index contributed by atoms with van der Waals surface area (Å²) in [5.41, 5.74) is 0. The van der Waals surface area contributed by atoms with Gasteiger partial charge in [-0.1, -0.05) is 18.3 Å². The van der Waals surface area contributed by atoms with E-state index in [1.807, 2.05) is 0 Å². The fourth-order valence-electron chi connectivity index (χ4n) is 0.638. The Kier molecular flexibility index (Phi) is 7.97. The Labute approximate surface area is 84.9 Å². The monoisotopic (exact) mass is 218 g/mol. The molecule has 0 atom stereocenters. The molecule has 0 heterocycles. The summed E-state index contributed by atoms with van der Waals surface area (Å²) in [7, 11) is 1.13. The maximum absolute atomic E-state index is 11.1. The first kappa shape index (κ1) is 12.6. The fourth-order valence-corrected chi connectivity index (χ4v) is 2.80. The van der Waals surface area contributed by atoms with Gasteiger partial charge in [0.05, 0.1) is 0 Å². The molecular weight excluding hydrogens is 204 g/mol. The largest absolute Gasteiger partial charge is 0.426 e. The molecule has 13 heavy (non-hydrogen) atoms. The molecule has 0 saturated carbocycles. The fraction of sp³-hybridized carbons (Fsp3) is 0.500. The van der Waals surface area contributed by atoms with E-state index in [0.29, 0.717) is 6.42 Å². The molecule has 0 aliphatic heterocycles. The molecule has 0 spiro atoms. The lowest BCUT2D eigenvalue weighted by Gasteiger charge is -1.97. The van der Waals surface area contributed by atoms with Crippen molar-refractivity contribution in [1.82, 2.24) is 0 Å². The number of rotatable bonds is 7. The number of carbonyl (C=O) groups is 2. The van der Waals surface area contributed by atoms with Gasteiger partial charge in [0.2, 0.25) is 0 Å². The van der Waals surface area contributed by atoms with Gasteiger partial charge in [0.15, 0.2) is 20.7 Å². The van der Waals surface area contributed by atoms with Crippen LogP contribution in [0.15, 0.2) is 12.7 Å². The van der Waals surface area contributed by atoms with Crippen molar-refractivity contribution in [3.8, 4) is 0 Å². The minimum atomic E-state index is -0.526. The minimum absolute atomic E-state index is 0.0692. The van der Waals surface area contributed by atoms with Gasteiger partial charge < -0.3 is 4.43 Å². The van der Waals surface area contributed by atoms with Crippen molar-refractivity contribution in [2.24, 2.45) is 0 Å². The van der Waals surface area contributed by atoms with Gasteiger partial charge in [0.1, 0.15) is 0 Å². The molecule has 0 amide bonds. The Morgan fingerprint density at radius 3 is 2.77 bits per heavy atom. The van der Waals surface area contributed by atoms with E-state index >= 15 is 0 Å². The average molecular weight is 218 g/mol. The predicted molar refractivity (Wildman–Crippen MR) is 57.5 cm³/mol. The van der Waals surface area contributed by atoms with Gasteiger partial charge in [0.25, 0.3) is 0 Å². The van der Waals surface area contributed by atoms with Crippen molar-refractivity contribution >= 4 is 32.4 Å². The van der Waals surface area contributed by atoms with Crippen LogP contribution in [-0.4, -0.2) is 33.1 Å². The SMILES string of the molecule is C=CC(=O)CCC(=O)SC[SiH2]OC. The Morgan fingerprint density at radius 1 is 1.54 bits per heavy atom. The first-order chi connectivity index (χ1) is 6.20. The molecule has 0 unspecified atom stereocenters. The lowest BCUT2D eigenvalue weighted by molar-refractivity contribution is -0.117. The number of hydrogen-bond donors (Lipinski definition) is 0. The molecule has 0 saturated heterocycles. The van der Waals surface area contributed by atoms with Crippen molar-refractivity contribution in [3.05, 3.63) is 12.7 Å². The number of allylic oxidation sites excluding steroid dienone is 1. The van der Waals surface area contributed by atoms with Gasteiger partial charge >= 0.3 is 0 Å². The van der Waals surface area contributed by atoms with Crippen LogP contribution < -0.4 is 0 Å². The van der Waals surface area contributed by atoms with Gasteiger partial charge in [0, 0.05) is 25.3 Å². The van der Waals surface area contributed by atoms with E-state index in [9.17, 15) is 9.59 Å². The van der Waals surface area contributed by atoms with E-state index in [0.717, 1.165) is 5.38 Å². The van der Waals surface area contributed by atoms with Gasteiger partial charge in [-0.15, -0.1) is 0 Å². The van der Waals surface area contributed by atoms with Crippen LogP contribution >= 0.6 is 11.8 Å². The molecule has 0 radical (unpaired) electrons. The molecule has 0 aromatic heterocycles. The highest BCUT2D eigenvalue weighted by atomic mass is 32.2. The third-order valence-corrected chi connectivity index (χ3v) is 3.77.